The fraction of sp³-hybridized carbons (Fsp3) is 1.00. The zero-order chi connectivity index (χ0) is 14.6. The van der Waals surface area contributed by atoms with E-state index in [0.29, 0.717) is 5.41 Å². The monoisotopic (exact) mass is 269 g/mol. The van der Waals surface area contributed by atoms with Gasteiger partial charge in [-0.05, 0) is 30.7 Å². The second-order valence-electron chi connectivity index (χ2n) is 7.10. The minimum atomic E-state index is 0.525. The molecular weight excluding hydrogens is 230 g/mol. The van der Waals surface area contributed by atoms with E-state index in [0.717, 1.165) is 12.5 Å². The predicted molar refractivity (Wildman–Crippen MR) is 88.7 cm³/mol. The molecule has 0 aliphatic heterocycles. The van der Waals surface area contributed by atoms with E-state index in [1.807, 2.05) is 0 Å². The Labute approximate surface area is 122 Å². The largest absolute Gasteiger partial charge is 0.316 e. The second kappa shape index (κ2) is 11.8. The van der Waals surface area contributed by atoms with E-state index in [4.69, 9.17) is 0 Å². The number of rotatable bonds is 13. The first-order valence-electron chi connectivity index (χ1n) is 8.74. The van der Waals surface area contributed by atoms with E-state index >= 15 is 0 Å². The fourth-order valence-electron chi connectivity index (χ4n) is 2.72. The number of hydrogen-bond donors (Lipinski definition) is 1. The second-order valence-corrected chi connectivity index (χ2v) is 7.10. The molecule has 0 rings (SSSR count). The quantitative estimate of drug-likeness (QED) is 0.417. The van der Waals surface area contributed by atoms with Crippen molar-refractivity contribution in [3.05, 3.63) is 0 Å². The molecule has 19 heavy (non-hydrogen) atoms. The van der Waals surface area contributed by atoms with Gasteiger partial charge in [-0.2, -0.15) is 0 Å². The van der Waals surface area contributed by atoms with E-state index in [1.54, 1.807) is 0 Å². The first kappa shape index (κ1) is 19.0. The van der Waals surface area contributed by atoms with E-state index in [2.05, 4.69) is 39.9 Å². The fourth-order valence-corrected chi connectivity index (χ4v) is 2.72. The normalized spacial score (nSPS) is 14.8. The summed E-state index contributed by atoms with van der Waals surface area (Å²) < 4.78 is 0. The molecule has 0 saturated heterocycles. The van der Waals surface area contributed by atoms with Crippen molar-refractivity contribution in [1.29, 1.82) is 0 Å². The summed E-state index contributed by atoms with van der Waals surface area (Å²) in [6.45, 7) is 14.1. The molecule has 1 atom stereocenters. The summed E-state index contributed by atoms with van der Waals surface area (Å²) in [4.78, 5) is 0. The van der Waals surface area contributed by atoms with Crippen LogP contribution in [0.25, 0.3) is 0 Å². The molecular formula is C18H39N. The van der Waals surface area contributed by atoms with Gasteiger partial charge in [-0.3, -0.25) is 0 Å². The highest BCUT2D eigenvalue weighted by Crippen LogP contribution is 2.30. The van der Waals surface area contributed by atoms with Gasteiger partial charge in [-0.25, -0.2) is 0 Å². The number of nitrogens with one attached hydrogen (secondary N) is 1. The summed E-state index contributed by atoms with van der Waals surface area (Å²) in [6, 6.07) is 0. The maximum Gasteiger partial charge on any atom is 0.000527 e. The van der Waals surface area contributed by atoms with Crippen LogP contribution in [0.15, 0.2) is 0 Å². The van der Waals surface area contributed by atoms with Crippen molar-refractivity contribution < 1.29 is 0 Å². The summed E-state index contributed by atoms with van der Waals surface area (Å²) in [5, 5.41) is 3.69. The molecule has 0 aliphatic rings. The molecule has 0 aromatic rings. The van der Waals surface area contributed by atoms with Crippen LogP contribution in [0.3, 0.4) is 0 Å². The molecule has 1 N–H and O–H groups in total. The van der Waals surface area contributed by atoms with E-state index in [9.17, 15) is 0 Å². The van der Waals surface area contributed by atoms with Crippen molar-refractivity contribution in [1.82, 2.24) is 5.32 Å². The van der Waals surface area contributed by atoms with Crippen molar-refractivity contribution in [3.8, 4) is 0 Å². The van der Waals surface area contributed by atoms with Crippen LogP contribution >= 0.6 is 0 Å². The molecule has 0 radical (unpaired) electrons. The first-order valence-corrected chi connectivity index (χ1v) is 8.74. The minimum Gasteiger partial charge on any atom is -0.316 e. The third-order valence-electron chi connectivity index (χ3n) is 4.12. The lowest BCUT2D eigenvalue weighted by Crippen LogP contribution is -2.34. The lowest BCUT2D eigenvalue weighted by molar-refractivity contribution is 0.238. The van der Waals surface area contributed by atoms with Gasteiger partial charge in [0, 0.05) is 6.54 Å². The molecule has 0 saturated carbocycles. The number of hydrogen-bond acceptors (Lipinski definition) is 1. The molecule has 0 spiro atoms. The van der Waals surface area contributed by atoms with Crippen molar-refractivity contribution >= 4 is 0 Å². The summed E-state index contributed by atoms with van der Waals surface area (Å²) >= 11 is 0. The summed E-state index contributed by atoms with van der Waals surface area (Å²) in [6.07, 6.45) is 12.6. The van der Waals surface area contributed by atoms with Crippen molar-refractivity contribution in [2.45, 2.75) is 92.4 Å². The Kier molecular flexibility index (Phi) is 11.7. The SMILES string of the molecule is CCCCCCCC(C)(CCCC)CNCC(C)C. The lowest BCUT2D eigenvalue weighted by Gasteiger charge is -2.30. The molecule has 116 valence electrons. The van der Waals surface area contributed by atoms with Crippen LogP contribution in [0.5, 0.6) is 0 Å². The summed E-state index contributed by atoms with van der Waals surface area (Å²) in [7, 11) is 0. The summed E-state index contributed by atoms with van der Waals surface area (Å²) in [5.74, 6) is 0.764. The molecule has 0 heterocycles. The third kappa shape index (κ3) is 11.5. The third-order valence-corrected chi connectivity index (χ3v) is 4.12. The molecule has 0 fully saturated rings. The molecule has 1 heteroatoms. The Hall–Kier alpha value is -0.0400. The van der Waals surface area contributed by atoms with Crippen molar-refractivity contribution in [2.75, 3.05) is 13.1 Å². The van der Waals surface area contributed by atoms with Crippen LogP contribution in [0, 0.1) is 11.3 Å². The Morgan fingerprint density at radius 2 is 1.42 bits per heavy atom. The van der Waals surface area contributed by atoms with E-state index in [-0.39, 0.29) is 0 Å². The van der Waals surface area contributed by atoms with Crippen LogP contribution in [0.1, 0.15) is 92.4 Å². The lowest BCUT2D eigenvalue weighted by atomic mass is 9.79. The maximum absolute atomic E-state index is 3.69. The molecule has 1 unspecified atom stereocenters. The number of unbranched alkanes of at least 4 members (excludes halogenated alkanes) is 5. The Morgan fingerprint density at radius 3 is 2.00 bits per heavy atom. The zero-order valence-electron chi connectivity index (χ0n) is 14.4. The highest BCUT2D eigenvalue weighted by Gasteiger charge is 2.22. The minimum absolute atomic E-state index is 0.525. The van der Waals surface area contributed by atoms with Crippen LogP contribution in [0.2, 0.25) is 0 Å². The topological polar surface area (TPSA) is 12.0 Å². The Bertz CT molecular complexity index is 188. The van der Waals surface area contributed by atoms with Gasteiger partial charge in [0.1, 0.15) is 0 Å². The molecule has 1 nitrogen and oxygen atoms in total. The molecule has 0 aromatic heterocycles. The van der Waals surface area contributed by atoms with Crippen LogP contribution in [-0.2, 0) is 0 Å². The van der Waals surface area contributed by atoms with Gasteiger partial charge in [0.15, 0.2) is 0 Å². The van der Waals surface area contributed by atoms with Gasteiger partial charge in [0.05, 0.1) is 0 Å². The van der Waals surface area contributed by atoms with Gasteiger partial charge < -0.3 is 5.32 Å². The average molecular weight is 270 g/mol. The van der Waals surface area contributed by atoms with Crippen LogP contribution < -0.4 is 5.32 Å². The van der Waals surface area contributed by atoms with E-state index in [1.165, 1.54) is 64.3 Å². The summed E-state index contributed by atoms with van der Waals surface area (Å²) in [5.41, 5.74) is 0.525. The molecule has 0 bridgehead atoms. The van der Waals surface area contributed by atoms with Gasteiger partial charge in [0.2, 0.25) is 0 Å². The molecule has 0 amide bonds. The Morgan fingerprint density at radius 1 is 0.842 bits per heavy atom. The average Bonchev–Trinajstić information content (AvgIpc) is 2.36. The highest BCUT2D eigenvalue weighted by molar-refractivity contribution is 4.77. The van der Waals surface area contributed by atoms with Gasteiger partial charge in [-0.1, -0.05) is 79.6 Å². The standard InChI is InChI=1S/C18H39N/c1-6-8-10-11-12-14-18(5,13-9-7-2)16-19-15-17(3)4/h17,19H,6-16H2,1-5H3. The van der Waals surface area contributed by atoms with Gasteiger partial charge in [-0.15, -0.1) is 0 Å². The van der Waals surface area contributed by atoms with Gasteiger partial charge in [0.25, 0.3) is 0 Å². The first-order chi connectivity index (χ1) is 9.04. The zero-order valence-corrected chi connectivity index (χ0v) is 14.4. The van der Waals surface area contributed by atoms with Crippen molar-refractivity contribution in [3.63, 3.8) is 0 Å². The van der Waals surface area contributed by atoms with Crippen LogP contribution in [-0.4, -0.2) is 13.1 Å². The van der Waals surface area contributed by atoms with Crippen LogP contribution in [0.4, 0.5) is 0 Å². The predicted octanol–water partition coefficient (Wildman–Crippen LogP) is 5.79. The highest BCUT2D eigenvalue weighted by atomic mass is 14.9. The van der Waals surface area contributed by atoms with Crippen molar-refractivity contribution in [2.24, 2.45) is 11.3 Å². The van der Waals surface area contributed by atoms with Gasteiger partial charge >= 0.3 is 0 Å². The molecule has 0 aromatic carbocycles. The van der Waals surface area contributed by atoms with E-state index < -0.39 is 0 Å². The smallest absolute Gasteiger partial charge is 0.000527 e. The Balaban J connectivity index is 3.95. The maximum atomic E-state index is 3.69. The molecule has 0 aliphatic carbocycles.